The van der Waals surface area contributed by atoms with Crippen LogP contribution in [0.2, 0.25) is 0 Å². The van der Waals surface area contributed by atoms with E-state index in [0.29, 0.717) is 11.8 Å². The van der Waals surface area contributed by atoms with Crippen molar-refractivity contribution in [3.05, 3.63) is 35.9 Å². The lowest BCUT2D eigenvalue weighted by atomic mass is 10.1. The summed E-state index contributed by atoms with van der Waals surface area (Å²) < 4.78 is 0. The van der Waals surface area contributed by atoms with Gasteiger partial charge in [-0.3, -0.25) is 0 Å². The molecule has 1 atom stereocenters. The molecule has 1 aromatic rings. The van der Waals surface area contributed by atoms with E-state index in [-0.39, 0.29) is 6.10 Å². The summed E-state index contributed by atoms with van der Waals surface area (Å²) in [5.41, 5.74) is 1.21. The molecule has 0 amide bonds. The zero-order valence-corrected chi connectivity index (χ0v) is 12.8. The van der Waals surface area contributed by atoms with E-state index in [9.17, 15) is 5.11 Å². The van der Waals surface area contributed by atoms with Crippen LogP contribution in [0.3, 0.4) is 0 Å². The number of aliphatic hydroxyl groups is 1. The molecule has 1 rings (SSSR count). The van der Waals surface area contributed by atoms with Crippen molar-refractivity contribution in [1.82, 2.24) is 4.90 Å². The number of hydrogen-bond acceptors (Lipinski definition) is 2. The highest BCUT2D eigenvalue weighted by atomic mass is 16.3. The summed E-state index contributed by atoms with van der Waals surface area (Å²) in [7, 11) is 0. The molecule has 0 aliphatic carbocycles. The highest BCUT2D eigenvalue weighted by Crippen LogP contribution is 2.08. The van der Waals surface area contributed by atoms with E-state index in [1.54, 1.807) is 0 Å². The molecule has 0 saturated carbocycles. The quantitative estimate of drug-likeness (QED) is 0.778. The number of benzene rings is 1. The van der Waals surface area contributed by atoms with Gasteiger partial charge in [-0.1, -0.05) is 58.0 Å². The molecule has 19 heavy (non-hydrogen) atoms. The SMILES string of the molecule is CC(C)CN(CC(C)C)CC(O)Cc1ccccc1. The van der Waals surface area contributed by atoms with Crippen LogP contribution < -0.4 is 0 Å². The molecule has 0 saturated heterocycles. The van der Waals surface area contributed by atoms with Gasteiger partial charge in [0.2, 0.25) is 0 Å². The Balaban J connectivity index is 2.48. The van der Waals surface area contributed by atoms with Gasteiger partial charge >= 0.3 is 0 Å². The van der Waals surface area contributed by atoms with Crippen LogP contribution in [0.4, 0.5) is 0 Å². The Morgan fingerprint density at radius 3 is 1.89 bits per heavy atom. The van der Waals surface area contributed by atoms with E-state index in [2.05, 4.69) is 44.7 Å². The topological polar surface area (TPSA) is 23.5 Å². The Hall–Kier alpha value is -0.860. The molecule has 2 nitrogen and oxygen atoms in total. The van der Waals surface area contributed by atoms with Gasteiger partial charge in [0, 0.05) is 19.6 Å². The van der Waals surface area contributed by atoms with Gasteiger partial charge in [-0.2, -0.15) is 0 Å². The van der Waals surface area contributed by atoms with Crippen LogP contribution in [0.25, 0.3) is 0 Å². The highest BCUT2D eigenvalue weighted by Gasteiger charge is 2.14. The van der Waals surface area contributed by atoms with Crippen molar-refractivity contribution in [1.29, 1.82) is 0 Å². The Morgan fingerprint density at radius 1 is 0.895 bits per heavy atom. The molecule has 0 spiro atoms. The molecule has 0 aromatic heterocycles. The van der Waals surface area contributed by atoms with Crippen molar-refractivity contribution in [2.24, 2.45) is 11.8 Å². The van der Waals surface area contributed by atoms with Crippen molar-refractivity contribution >= 4 is 0 Å². The average Bonchev–Trinajstić information content (AvgIpc) is 2.27. The monoisotopic (exact) mass is 263 g/mol. The van der Waals surface area contributed by atoms with Crippen LogP contribution in [-0.2, 0) is 6.42 Å². The fourth-order valence-corrected chi connectivity index (χ4v) is 2.51. The molecule has 108 valence electrons. The standard InChI is InChI=1S/C17H29NO/c1-14(2)11-18(12-15(3)4)13-17(19)10-16-8-6-5-7-9-16/h5-9,14-15,17,19H,10-13H2,1-4H3. The molecule has 0 heterocycles. The number of nitrogens with zero attached hydrogens (tertiary/aromatic N) is 1. The Kier molecular flexibility index (Phi) is 7.11. The van der Waals surface area contributed by atoms with Gasteiger partial charge in [0.25, 0.3) is 0 Å². The average molecular weight is 263 g/mol. The minimum atomic E-state index is -0.278. The van der Waals surface area contributed by atoms with Gasteiger partial charge in [0.05, 0.1) is 6.10 Å². The highest BCUT2D eigenvalue weighted by molar-refractivity contribution is 5.15. The van der Waals surface area contributed by atoms with Gasteiger partial charge in [-0.15, -0.1) is 0 Å². The first-order valence-electron chi connectivity index (χ1n) is 7.41. The van der Waals surface area contributed by atoms with Gasteiger partial charge in [0.15, 0.2) is 0 Å². The Labute approximate surface area is 118 Å². The number of hydrogen-bond donors (Lipinski definition) is 1. The largest absolute Gasteiger partial charge is 0.391 e. The zero-order valence-electron chi connectivity index (χ0n) is 12.8. The van der Waals surface area contributed by atoms with E-state index >= 15 is 0 Å². The zero-order chi connectivity index (χ0) is 14.3. The third-order valence-electron chi connectivity index (χ3n) is 3.03. The van der Waals surface area contributed by atoms with E-state index in [1.165, 1.54) is 5.56 Å². The molecule has 0 fully saturated rings. The maximum atomic E-state index is 10.3. The first-order valence-corrected chi connectivity index (χ1v) is 7.41. The van der Waals surface area contributed by atoms with Gasteiger partial charge in [-0.05, 0) is 23.8 Å². The summed E-state index contributed by atoms with van der Waals surface area (Å²) >= 11 is 0. The summed E-state index contributed by atoms with van der Waals surface area (Å²) in [4.78, 5) is 2.39. The third-order valence-corrected chi connectivity index (χ3v) is 3.03. The molecular weight excluding hydrogens is 234 g/mol. The maximum Gasteiger partial charge on any atom is 0.0707 e. The molecular formula is C17H29NO. The third kappa shape index (κ3) is 7.34. The van der Waals surface area contributed by atoms with Crippen molar-refractivity contribution in [3.8, 4) is 0 Å². The predicted molar refractivity (Wildman–Crippen MR) is 82.3 cm³/mol. The van der Waals surface area contributed by atoms with E-state index in [0.717, 1.165) is 26.1 Å². The Morgan fingerprint density at radius 2 is 1.42 bits per heavy atom. The van der Waals surface area contributed by atoms with Gasteiger partial charge < -0.3 is 10.0 Å². The van der Waals surface area contributed by atoms with Crippen LogP contribution >= 0.6 is 0 Å². The van der Waals surface area contributed by atoms with Crippen LogP contribution in [0.5, 0.6) is 0 Å². The van der Waals surface area contributed by atoms with E-state index in [4.69, 9.17) is 0 Å². The molecule has 1 aromatic carbocycles. The van der Waals surface area contributed by atoms with Gasteiger partial charge in [-0.25, -0.2) is 0 Å². The fourth-order valence-electron chi connectivity index (χ4n) is 2.51. The van der Waals surface area contributed by atoms with Crippen LogP contribution in [0, 0.1) is 11.8 Å². The molecule has 0 radical (unpaired) electrons. The summed E-state index contributed by atoms with van der Waals surface area (Å²) in [5.74, 6) is 1.28. The molecule has 0 aliphatic rings. The summed E-state index contributed by atoms with van der Waals surface area (Å²) in [5, 5.41) is 10.3. The number of rotatable bonds is 8. The number of aliphatic hydroxyl groups excluding tert-OH is 1. The van der Waals surface area contributed by atoms with Crippen LogP contribution in [0.1, 0.15) is 33.3 Å². The van der Waals surface area contributed by atoms with Crippen molar-refractivity contribution in [2.75, 3.05) is 19.6 Å². The van der Waals surface area contributed by atoms with E-state index in [1.807, 2.05) is 18.2 Å². The lowest BCUT2D eigenvalue weighted by Gasteiger charge is -2.28. The Bertz CT molecular complexity index is 324. The lowest BCUT2D eigenvalue weighted by Crippen LogP contribution is -2.38. The minimum Gasteiger partial charge on any atom is -0.391 e. The van der Waals surface area contributed by atoms with Gasteiger partial charge in [0.1, 0.15) is 0 Å². The maximum absolute atomic E-state index is 10.3. The molecule has 1 N–H and O–H groups in total. The van der Waals surface area contributed by atoms with Crippen molar-refractivity contribution in [3.63, 3.8) is 0 Å². The van der Waals surface area contributed by atoms with Crippen molar-refractivity contribution in [2.45, 2.75) is 40.2 Å². The van der Waals surface area contributed by atoms with Crippen LogP contribution in [0.15, 0.2) is 30.3 Å². The second kappa shape index (κ2) is 8.34. The van der Waals surface area contributed by atoms with Crippen LogP contribution in [-0.4, -0.2) is 35.7 Å². The smallest absolute Gasteiger partial charge is 0.0707 e. The van der Waals surface area contributed by atoms with Crippen molar-refractivity contribution < 1.29 is 5.11 Å². The first-order chi connectivity index (χ1) is 8.97. The summed E-state index contributed by atoms with van der Waals surface area (Å²) in [6.07, 6.45) is 0.466. The molecule has 2 heteroatoms. The second-order valence-electron chi connectivity index (χ2n) is 6.35. The normalized spacial score (nSPS) is 13.5. The molecule has 0 aliphatic heterocycles. The fraction of sp³-hybridized carbons (Fsp3) is 0.647. The molecule has 1 unspecified atom stereocenters. The summed E-state index contributed by atoms with van der Waals surface area (Å²) in [6, 6.07) is 10.2. The minimum absolute atomic E-state index is 0.278. The van der Waals surface area contributed by atoms with E-state index < -0.39 is 0 Å². The lowest BCUT2D eigenvalue weighted by molar-refractivity contribution is 0.0986. The second-order valence-corrected chi connectivity index (χ2v) is 6.35. The predicted octanol–water partition coefficient (Wildman–Crippen LogP) is 3.20. The summed E-state index contributed by atoms with van der Waals surface area (Å²) in [6.45, 7) is 11.8. The molecule has 0 bridgehead atoms. The first kappa shape index (κ1) is 16.2.